The Morgan fingerprint density at radius 2 is 2.25 bits per heavy atom. The summed E-state index contributed by atoms with van der Waals surface area (Å²) in [6, 6.07) is -0.669. The first-order valence-electron chi connectivity index (χ1n) is 5.30. The van der Waals surface area contributed by atoms with Crippen molar-refractivity contribution < 1.29 is 19.1 Å². The van der Waals surface area contributed by atoms with Crippen LogP contribution in [0.1, 0.15) is 13.8 Å². The highest BCUT2D eigenvalue weighted by Gasteiger charge is 2.31. The largest absolute Gasteiger partial charge is 0.377 e. The van der Waals surface area contributed by atoms with Crippen molar-refractivity contribution in [3.63, 3.8) is 0 Å². The molecule has 1 unspecified atom stereocenters. The highest BCUT2D eigenvalue weighted by atomic mass is 16.5. The standard InChI is InChI=1S/C10H18N2O4/c1-7(2)16-6-9(13)12-3-4-15-5-8(12)10(11)14/h7-8H,3-6H2,1-2H3,(H2,11,14). The van der Waals surface area contributed by atoms with Gasteiger partial charge in [0.25, 0.3) is 0 Å². The van der Waals surface area contributed by atoms with Gasteiger partial charge in [-0.15, -0.1) is 0 Å². The van der Waals surface area contributed by atoms with E-state index in [-0.39, 0.29) is 25.2 Å². The van der Waals surface area contributed by atoms with Crippen LogP contribution in [0, 0.1) is 0 Å². The molecule has 1 rings (SSSR count). The van der Waals surface area contributed by atoms with Gasteiger partial charge in [0.1, 0.15) is 12.6 Å². The lowest BCUT2D eigenvalue weighted by Crippen LogP contribution is -2.55. The molecule has 6 nitrogen and oxygen atoms in total. The van der Waals surface area contributed by atoms with Crippen LogP contribution in [-0.4, -0.2) is 55.2 Å². The highest BCUT2D eigenvalue weighted by Crippen LogP contribution is 2.07. The fraction of sp³-hybridized carbons (Fsp3) is 0.800. The lowest BCUT2D eigenvalue weighted by molar-refractivity contribution is -0.151. The summed E-state index contributed by atoms with van der Waals surface area (Å²) < 4.78 is 10.3. The second-order valence-electron chi connectivity index (χ2n) is 3.94. The monoisotopic (exact) mass is 230 g/mol. The summed E-state index contributed by atoms with van der Waals surface area (Å²) in [5, 5.41) is 0. The maximum Gasteiger partial charge on any atom is 0.249 e. The minimum absolute atomic E-state index is 0.0166. The van der Waals surface area contributed by atoms with E-state index in [1.165, 1.54) is 4.90 Å². The first-order valence-corrected chi connectivity index (χ1v) is 5.30. The van der Waals surface area contributed by atoms with Gasteiger partial charge in [-0.3, -0.25) is 9.59 Å². The predicted octanol–water partition coefficient (Wildman–Crippen LogP) is -0.876. The van der Waals surface area contributed by atoms with E-state index in [1.807, 2.05) is 13.8 Å². The topological polar surface area (TPSA) is 81.9 Å². The molecule has 1 heterocycles. The molecule has 1 aliphatic heterocycles. The molecule has 16 heavy (non-hydrogen) atoms. The van der Waals surface area contributed by atoms with Gasteiger partial charge in [-0.2, -0.15) is 0 Å². The molecule has 0 spiro atoms. The fourth-order valence-corrected chi connectivity index (χ4v) is 1.46. The number of ether oxygens (including phenoxy) is 2. The van der Waals surface area contributed by atoms with Crippen molar-refractivity contribution in [2.24, 2.45) is 5.73 Å². The molecule has 1 atom stereocenters. The number of rotatable bonds is 4. The Bertz CT molecular complexity index is 268. The Morgan fingerprint density at radius 1 is 1.56 bits per heavy atom. The van der Waals surface area contributed by atoms with E-state index >= 15 is 0 Å². The van der Waals surface area contributed by atoms with E-state index in [0.717, 1.165) is 0 Å². The smallest absolute Gasteiger partial charge is 0.249 e. The molecule has 1 aliphatic rings. The summed E-state index contributed by atoms with van der Waals surface area (Å²) >= 11 is 0. The van der Waals surface area contributed by atoms with E-state index in [0.29, 0.717) is 13.2 Å². The number of nitrogens with two attached hydrogens (primary N) is 1. The number of carbonyl (C=O) groups is 2. The van der Waals surface area contributed by atoms with Crippen LogP contribution in [0.4, 0.5) is 0 Å². The number of hydrogen-bond acceptors (Lipinski definition) is 4. The maximum absolute atomic E-state index is 11.8. The molecule has 0 aromatic heterocycles. The number of carbonyl (C=O) groups excluding carboxylic acids is 2. The average molecular weight is 230 g/mol. The van der Waals surface area contributed by atoms with Crippen LogP contribution in [-0.2, 0) is 19.1 Å². The minimum Gasteiger partial charge on any atom is -0.377 e. The van der Waals surface area contributed by atoms with Gasteiger partial charge in [0, 0.05) is 6.54 Å². The van der Waals surface area contributed by atoms with Crippen LogP contribution in [0.5, 0.6) is 0 Å². The molecule has 0 aromatic rings. The first-order chi connectivity index (χ1) is 7.52. The summed E-state index contributed by atoms with van der Waals surface area (Å²) in [4.78, 5) is 24.3. The lowest BCUT2D eigenvalue weighted by atomic mass is 10.2. The summed E-state index contributed by atoms with van der Waals surface area (Å²) in [5.74, 6) is -0.765. The van der Waals surface area contributed by atoms with Crippen molar-refractivity contribution in [2.75, 3.05) is 26.4 Å². The quantitative estimate of drug-likeness (QED) is 0.680. The first kappa shape index (κ1) is 12.9. The molecule has 1 saturated heterocycles. The van der Waals surface area contributed by atoms with Gasteiger partial charge in [0.05, 0.1) is 19.3 Å². The zero-order valence-electron chi connectivity index (χ0n) is 9.64. The van der Waals surface area contributed by atoms with Crippen molar-refractivity contribution >= 4 is 11.8 Å². The number of morpholine rings is 1. The Kier molecular flexibility index (Phi) is 4.70. The number of amides is 2. The van der Waals surface area contributed by atoms with Gasteiger partial charge < -0.3 is 20.1 Å². The third-order valence-corrected chi connectivity index (χ3v) is 2.32. The Balaban J connectivity index is 2.54. The molecule has 0 saturated carbocycles. The van der Waals surface area contributed by atoms with Crippen LogP contribution < -0.4 is 5.73 Å². The molecule has 0 bridgehead atoms. The molecule has 1 fully saturated rings. The minimum atomic E-state index is -0.669. The third kappa shape index (κ3) is 3.46. The van der Waals surface area contributed by atoms with Gasteiger partial charge in [0.2, 0.25) is 11.8 Å². The molecule has 0 aromatic carbocycles. The van der Waals surface area contributed by atoms with Crippen LogP contribution in [0.15, 0.2) is 0 Å². The van der Waals surface area contributed by atoms with E-state index < -0.39 is 11.9 Å². The number of primary amides is 1. The Morgan fingerprint density at radius 3 is 2.81 bits per heavy atom. The van der Waals surface area contributed by atoms with Crippen LogP contribution >= 0.6 is 0 Å². The second-order valence-corrected chi connectivity index (χ2v) is 3.94. The Labute approximate surface area is 94.7 Å². The zero-order chi connectivity index (χ0) is 12.1. The number of nitrogens with zero attached hydrogens (tertiary/aromatic N) is 1. The number of hydrogen-bond donors (Lipinski definition) is 1. The second kappa shape index (κ2) is 5.81. The summed E-state index contributed by atoms with van der Waals surface area (Å²) in [6.07, 6.45) is -0.0166. The normalized spacial score (nSPS) is 21.2. The summed E-state index contributed by atoms with van der Waals surface area (Å²) in [7, 11) is 0. The summed E-state index contributed by atoms with van der Waals surface area (Å²) in [6.45, 7) is 4.64. The van der Waals surface area contributed by atoms with Gasteiger partial charge >= 0.3 is 0 Å². The molecular formula is C10H18N2O4. The molecule has 0 aliphatic carbocycles. The van der Waals surface area contributed by atoms with Gasteiger partial charge in [-0.05, 0) is 13.8 Å². The highest BCUT2D eigenvalue weighted by molar-refractivity contribution is 5.87. The van der Waals surface area contributed by atoms with Crippen molar-refractivity contribution in [3.8, 4) is 0 Å². The summed E-state index contributed by atoms with van der Waals surface area (Å²) in [5.41, 5.74) is 5.20. The van der Waals surface area contributed by atoms with E-state index in [1.54, 1.807) is 0 Å². The van der Waals surface area contributed by atoms with Gasteiger partial charge in [0.15, 0.2) is 0 Å². The van der Waals surface area contributed by atoms with Crippen LogP contribution in [0.25, 0.3) is 0 Å². The lowest BCUT2D eigenvalue weighted by Gasteiger charge is -2.33. The fourth-order valence-electron chi connectivity index (χ4n) is 1.46. The molecular weight excluding hydrogens is 212 g/mol. The predicted molar refractivity (Wildman–Crippen MR) is 56.6 cm³/mol. The maximum atomic E-state index is 11.8. The van der Waals surface area contributed by atoms with E-state index in [2.05, 4.69) is 0 Å². The van der Waals surface area contributed by atoms with E-state index in [9.17, 15) is 9.59 Å². The third-order valence-electron chi connectivity index (χ3n) is 2.32. The SMILES string of the molecule is CC(C)OCC(=O)N1CCOCC1C(N)=O. The van der Waals surface area contributed by atoms with Gasteiger partial charge in [-0.25, -0.2) is 0 Å². The van der Waals surface area contributed by atoms with Crippen molar-refractivity contribution in [3.05, 3.63) is 0 Å². The average Bonchev–Trinajstić information content (AvgIpc) is 2.25. The Hall–Kier alpha value is -1.14. The van der Waals surface area contributed by atoms with Crippen molar-refractivity contribution in [1.29, 1.82) is 0 Å². The molecule has 2 N–H and O–H groups in total. The molecule has 92 valence electrons. The van der Waals surface area contributed by atoms with Crippen LogP contribution in [0.2, 0.25) is 0 Å². The zero-order valence-corrected chi connectivity index (χ0v) is 9.64. The molecule has 0 radical (unpaired) electrons. The van der Waals surface area contributed by atoms with Gasteiger partial charge in [-0.1, -0.05) is 0 Å². The van der Waals surface area contributed by atoms with Crippen LogP contribution in [0.3, 0.4) is 0 Å². The van der Waals surface area contributed by atoms with Crippen molar-refractivity contribution in [1.82, 2.24) is 4.90 Å². The molecule has 2 amide bonds. The van der Waals surface area contributed by atoms with Crippen molar-refractivity contribution in [2.45, 2.75) is 26.0 Å². The molecule has 6 heteroatoms. The van der Waals surface area contributed by atoms with E-state index in [4.69, 9.17) is 15.2 Å².